The van der Waals surface area contributed by atoms with Crippen LogP contribution in [0.5, 0.6) is 0 Å². The molecule has 0 unspecified atom stereocenters. The van der Waals surface area contributed by atoms with Crippen LogP contribution in [0.3, 0.4) is 0 Å². The number of sulfonamides is 1. The van der Waals surface area contributed by atoms with Crippen LogP contribution in [-0.2, 0) is 10.0 Å². The van der Waals surface area contributed by atoms with Crippen molar-refractivity contribution < 1.29 is 8.42 Å². The normalized spacial score (nSPS) is 11.1. The van der Waals surface area contributed by atoms with Crippen LogP contribution >= 0.6 is 0 Å². The van der Waals surface area contributed by atoms with Crippen molar-refractivity contribution >= 4 is 15.7 Å². The van der Waals surface area contributed by atoms with Gasteiger partial charge in [0.15, 0.2) is 0 Å². The van der Waals surface area contributed by atoms with Crippen LogP contribution in [0.25, 0.3) is 0 Å². The molecule has 7 heteroatoms. The van der Waals surface area contributed by atoms with Gasteiger partial charge in [-0.2, -0.15) is 10.4 Å². The van der Waals surface area contributed by atoms with Crippen LogP contribution in [0.2, 0.25) is 0 Å². The van der Waals surface area contributed by atoms with E-state index in [0.717, 1.165) is 4.31 Å². The fourth-order valence-electron chi connectivity index (χ4n) is 2.03. The number of hydrogen-bond acceptors (Lipinski definition) is 4. The molecular formula is C13H14N4O2S. The first kappa shape index (κ1) is 14.1. The number of rotatable bonds is 3. The molecule has 1 N–H and O–H groups in total. The molecule has 0 fully saturated rings. The van der Waals surface area contributed by atoms with Gasteiger partial charge in [0.2, 0.25) is 0 Å². The minimum atomic E-state index is -3.75. The van der Waals surface area contributed by atoms with Gasteiger partial charge in [0.25, 0.3) is 10.0 Å². The molecule has 2 rings (SSSR count). The summed E-state index contributed by atoms with van der Waals surface area (Å²) in [6, 6.07) is 8.55. The molecule has 6 nitrogen and oxygen atoms in total. The molecule has 0 amide bonds. The second-order valence-electron chi connectivity index (χ2n) is 4.36. The third-order valence-electron chi connectivity index (χ3n) is 3.04. The summed E-state index contributed by atoms with van der Waals surface area (Å²) in [4.78, 5) is 0.146. The Morgan fingerprint density at radius 2 is 1.95 bits per heavy atom. The monoisotopic (exact) mass is 290 g/mol. The highest BCUT2D eigenvalue weighted by Crippen LogP contribution is 2.27. The predicted molar refractivity (Wildman–Crippen MR) is 74.8 cm³/mol. The SMILES string of the molecule is Cc1n[nH]c(C)c1S(=O)(=O)N(C)c1ccccc1C#N. The molecule has 0 radical (unpaired) electrons. The highest BCUT2D eigenvalue weighted by atomic mass is 32.2. The minimum absolute atomic E-state index is 0.146. The molecule has 104 valence electrons. The third-order valence-corrected chi connectivity index (χ3v) is 5.08. The van der Waals surface area contributed by atoms with Crippen molar-refractivity contribution in [3.63, 3.8) is 0 Å². The molecule has 0 aliphatic heterocycles. The zero-order chi connectivity index (χ0) is 14.9. The summed E-state index contributed by atoms with van der Waals surface area (Å²) < 4.78 is 26.4. The van der Waals surface area contributed by atoms with Crippen LogP contribution in [0, 0.1) is 25.2 Å². The first-order valence-corrected chi connectivity index (χ1v) is 7.33. The summed E-state index contributed by atoms with van der Waals surface area (Å²) in [5.41, 5.74) is 1.53. The van der Waals surface area contributed by atoms with Crippen molar-refractivity contribution in [2.75, 3.05) is 11.4 Å². The molecule has 0 atom stereocenters. The third kappa shape index (κ3) is 2.14. The molecule has 1 aromatic carbocycles. The fourth-order valence-corrected chi connectivity index (χ4v) is 3.57. The maximum atomic E-state index is 12.7. The van der Waals surface area contributed by atoms with E-state index < -0.39 is 10.0 Å². The van der Waals surface area contributed by atoms with E-state index >= 15 is 0 Å². The topological polar surface area (TPSA) is 89.8 Å². The van der Waals surface area contributed by atoms with Gasteiger partial charge in [-0.05, 0) is 26.0 Å². The fraction of sp³-hybridized carbons (Fsp3) is 0.231. The number of nitriles is 1. The van der Waals surface area contributed by atoms with Crippen molar-refractivity contribution in [3.8, 4) is 6.07 Å². The highest BCUT2D eigenvalue weighted by molar-refractivity contribution is 7.92. The molecule has 1 heterocycles. The maximum absolute atomic E-state index is 12.7. The molecule has 2 aromatic rings. The van der Waals surface area contributed by atoms with Gasteiger partial charge in [-0.15, -0.1) is 0 Å². The Bertz CT molecular complexity index is 767. The number of aromatic nitrogens is 2. The molecule has 0 aliphatic carbocycles. The summed E-state index contributed by atoms with van der Waals surface area (Å²) >= 11 is 0. The Kier molecular flexibility index (Phi) is 3.51. The smallest absolute Gasteiger partial charge is 0.267 e. The summed E-state index contributed by atoms with van der Waals surface area (Å²) in [6.45, 7) is 3.28. The van der Waals surface area contributed by atoms with E-state index in [9.17, 15) is 8.42 Å². The number of H-pyrrole nitrogens is 1. The zero-order valence-electron chi connectivity index (χ0n) is 11.4. The lowest BCUT2D eigenvalue weighted by Crippen LogP contribution is -2.28. The Morgan fingerprint density at radius 3 is 2.50 bits per heavy atom. The highest BCUT2D eigenvalue weighted by Gasteiger charge is 2.28. The molecular weight excluding hydrogens is 276 g/mol. The number of benzene rings is 1. The average molecular weight is 290 g/mol. The van der Waals surface area contributed by atoms with Crippen molar-refractivity contribution in [1.29, 1.82) is 5.26 Å². The summed E-state index contributed by atoms with van der Waals surface area (Å²) in [5.74, 6) is 0. The van der Waals surface area contributed by atoms with Gasteiger partial charge in [0.1, 0.15) is 11.0 Å². The largest absolute Gasteiger partial charge is 0.281 e. The Balaban J connectivity index is 2.59. The van der Waals surface area contributed by atoms with Crippen LogP contribution < -0.4 is 4.31 Å². The van der Waals surface area contributed by atoms with Crippen molar-refractivity contribution in [2.24, 2.45) is 0 Å². The summed E-state index contributed by atoms with van der Waals surface area (Å²) in [6.07, 6.45) is 0. The van der Waals surface area contributed by atoms with E-state index in [1.807, 2.05) is 6.07 Å². The van der Waals surface area contributed by atoms with Gasteiger partial charge in [0, 0.05) is 7.05 Å². The minimum Gasteiger partial charge on any atom is -0.281 e. The van der Waals surface area contributed by atoms with E-state index in [1.54, 1.807) is 38.1 Å². The lowest BCUT2D eigenvalue weighted by atomic mass is 10.2. The van der Waals surface area contributed by atoms with Crippen molar-refractivity contribution in [1.82, 2.24) is 10.2 Å². The predicted octanol–water partition coefficient (Wildman–Crippen LogP) is 1.72. The lowest BCUT2D eigenvalue weighted by Gasteiger charge is -2.20. The number of nitrogens with one attached hydrogen (secondary N) is 1. The van der Waals surface area contributed by atoms with Gasteiger partial charge in [0.05, 0.1) is 22.6 Å². The molecule has 0 saturated carbocycles. The number of aromatic amines is 1. The van der Waals surface area contributed by atoms with Gasteiger partial charge < -0.3 is 0 Å². The number of para-hydroxylation sites is 1. The average Bonchev–Trinajstić information content (AvgIpc) is 2.77. The quantitative estimate of drug-likeness (QED) is 0.932. The second-order valence-corrected chi connectivity index (χ2v) is 6.27. The van der Waals surface area contributed by atoms with Crippen LogP contribution in [0.1, 0.15) is 17.0 Å². The maximum Gasteiger partial charge on any atom is 0.267 e. The second kappa shape index (κ2) is 4.98. The number of nitrogens with zero attached hydrogens (tertiary/aromatic N) is 3. The molecule has 0 bridgehead atoms. The van der Waals surface area contributed by atoms with Gasteiger partial charge >= 0.3 is 0 Å². The van der Waals surface area contributed by atoms with Gasteiger partial charge in [-0.3, -0.25) is 9.40 Å². The molecule has 20 heavy (non-hydrogen) atoms. The standard InChI is InChI=1S/C13H14N4O2S/c1-9-13(10(2)16-15-9)20(18,19)17(3)12-7-5-4-6-11(12)8-14/h4-7H,1-3H3,(H,15,16). The first-order valence-electron chi connectivity index (χ1n) is 5.89. The van der Waals surface area contributed by atoms with Crippen LogP contribution in [0.4, 0.5) is 5.69 Å². The lowest BCUT2D eigenvalue weighted by molar-refractivity contribution is 0.593. The molecule has 0 spiro atoms. The molecule has 0 saturated heterocycles. The zero-order valence-corrected chi connectivity index (χ0v) is 12.2. The Hall–Kier alpha value is -2.33. The summed E-state index contributed by atoms with van der Waals surface area (Å²) in [5, 5.41) is 15.6. The first-order chi connectivity index (χ1) is 9.39. The number of hydrogen-bond donors (Lipinski definition) is 1. The van der Waals surface area contributed by atoms with E-state index in [1.165, 1.54) is 7.05 Å². The molecule has 1 aromatic heterocycles. The van der Waals surface area contributed by atoms with Crippen LogP contribution in [-0.4, -0.2) is 25.7 Å². The summed E-state index contributed by atoms with van der Waals surface area (Å²) in [7, 11) is -2.33. The Morgan fingerprint density at radius 1 is 1.30 bits per heavy atom. The molecule has 0 aliphatic rings. The van der Waals surface area contributed by atoms with Crippen LogP contribution in [0.15, 0.2) is 29.2 Å². The van der Waals surface area contributed by atoms with E-state index in [-0.39, 0.29) is 4.90 Å². The van der Waals surface area contributed by atoms with E-state index in [4.69, 9.17) is 5.26 Å². The van der Waals surface area contributed by atoms with Crippen molar-refractivity contribution in [2.45, 2.75) is 18.7 Å². The van der Waals surface area contributed by atoms with Gasteiger partial charge in [-0.1, -0.05) is 12.1 Å². The van der Waals surface area contributed by atoms with E-state index in [0.29, 0.717) is 22.6 Å². The van der Waals surface area contributed by atoms with E-state index in [2.05, 4.69) is 10.2 Å². The number of aryl methyl sites for hydroxylation is 2. The Labute approximate surface area is 117 Å². The number of anilines is 1. The van der Waals surface area contributed by atoms with Gasteiger partial charge in [-0.25, -0.2) is 8.42 Å². The van der Waals surface area contributed by atoms with Crippen molar-refractivity contribution in [3.05, 3.63) is 41.2 Å².